The Morgan fingerprint density at radius 2 is 1.82 bits per heavy atom. The van der Waals surface area contributed by atoms with Crippen molar-refractivity contribution in [2.24, 2.45) is 0 Å². The summed E-state index contributed by atoms with van der Waals surface area (Å²) >= 11 is 0. The Kier molecular flexibility index (Phi) is 9.40. The van der Waals surface area contributed by atoms with Crippen LogP contribution in [-0.4, -0.2) is 59.9 Å². The number of rotatable bonds is 8. The molecule has 0 saturated carbocycles. The van der Waals surface area contributed by atoms with Gasteiger partial charge in [-0.3, -0.25) is 14.4 Å². The Morgan fingerprint density at radius 1 is 1.12 bits per heavy atom. The number of halogens is 3. The maximum atomic E-state index is 14.5. The molecule has 4 heterocycles. The molecule has 1 N–H and O–H groups in total. The highest BCUT2D eigenvalue weighted by Crippen LogP contribution is 2.48. The van der Waals surface area contributed by atoms with Crippen LogP contribution in [0.3, 0.4) is 0 Å². The highest BCUT2D eigenvalue weighted by atomic mass is 28.3. The first-order valence-corrected chi connectivity index (χ1v) is 19.3. The lowest BCUT2D eigenvalue weighted by Crippen LogP contribution is -2.54. The van der Waals surface area contributed by atoms with E-state index in [0.29, 0.717) is 33.6 Å². The van der Waals surface area contributed by atoms with Gasteiger partial charge in [-0.1, -0.05) is 20.0 Å². The standard InChI is InChI=1S/C34H38F3N3O9Si/c1-8-33(48-25(42)16-38-31(45)49-32(3,4)5)22-15-24-27-20(13-19-14-21(46-18(2)41)9-10-23(19)39-27)17-40(24)28(43)26(22)29(47-30(33)44)50(6,7)12-11-34(35,36)37/h9-10,13-15,29H,8,11-12,16-17H2,1-7H3,(H,38,45). The number of pyridine rings is 2. The second kappa shape index (κ2) is 12.9. The molecule has 2 unspecified atom stereocenters. The van der Waals surface area contributed by atoms with Crippen LogP contribution in [0.1, 0.15) is 69.9 Å². The number of esters is 3. The van der Waals surface area contributed by atoms with Gasteiger partial charge in [-0.15, -0.1) is 0 Å². The molecule has 12 nitrogen and oxygen atoms in total. The van der Waals surface area contributed by atoms with Crippen LogP contribution >= 0.6 is 0 Å². The molecule has 0 aliphatic carbocycles. The molecule has 2 atom stereocenters. The average Bonchev–Trinajstić information content (AvgIpc) is 3.35. The molecule has 0 fully saturated rings. The number of carbonyl (C=O) groups excluding carboxylic acids is 4. The van der Waals surface area contributed by atoms with Crippen molar-refractivity contribution in [2.45, 2.75) is 96.2 Å². The number of alkyl halides is 3. The Bertz CT molecular complexity index is 1970. The number of cyclic esters (lactones) is 1. The summed E-state index contributed by atoms with van der Waals surface area (Å²) in [6, 6.07) is 7.81. The van der Waals surface area contributed by atoms with Gasteiger partial charge in [0.2, 0.25) is 5.60 Å². The molecule has 0 bridgehead atoms. The zero-order valence-electron chi connectivity index (χ0n) is 28.7. The number of carbonyl (C=O) groups is 4. The molecule has 1 aromatic carbocycles. The van der Waals surface area contributed by atoms with Gasteiger partial charge in [0.05, 0.1) is 29.0 Å². The first-order valence-electron chi connectivity index (χ1n) is 16.0. The predicted molar refractivity (Wildman–Crippen MR) is 176 cm³/mol. The minimum Gasteiger partial charge on any atom is -0.458 e. The number of alkyl carbamates (subject to hydrolysis) is 1. The molecule has 5 rings (SSSR count). The highest BCUT2D eigenvalue weighted by molar-refractivity contribution is 6.78. The largest absolute Gasteiger partial charge is 0.458 e. The van der Waals surface area contributed by atoms with E-state index in [-0.39, 0.29) is 30.1 Å². The third-order valence-corrected chi connectivity index (χ3v) is 12.0. The van der Waals surface area contributed by atoms with Crippen LogP contribution in [0.5, 0.6) is 5.75 Å². The minimum absolute atomic E-state index is 0.00402. The van der Waals surface area contributed by atoms with Crippen LogP contribution in [0.15, 0.2) is 35.1 Å². The average molecular weight is 718 g/mol. The fourth-order valence-electron chi connectivity index (χ4n) is 6.25. The lowest BCUT2D eigenvalue weighted by atomic mass is 9.85. The van der Waals surface area contributed by atoms with Crippen molar-refractivity contribution >= 4 is 43.0 Å². The summed E-state index contributed by atoms with van der Waals surface area (Å²) in [5.41, 5.74) is -3.15. The SMILES string of the molecule is CCC1(OC(=O)CNC(=O)OC(C)(C)C)C(=O)OC([Si](C)(C)CCC(F)(F)F)c2c1cc1n(c2=O)Cc2cc3cc(OC(C)=O)ccc3nc2-1. The van der Waals surface area contributed by atoms with Crippen molar-refractivity contribution in [3.05, 3.63) is 57.4 Å². The summed E-state index contributed by atoms with van der Waals surface area (Å²) in [4.78, 5) is 70.2. The molecule has 1 amide bonds. The van der Waals surface area contributed by atoms with Gasteiger partial charge < -0.3 is 28.8 Å². The number of hydrogen-bond acceptors (Lipinski definition) is 10. The molecule has 2 aromatic heterocycles. The normalized spacial score (nSPS) is 18.4. The molecule has 16 heteroatoms. The second-order valence-corrected chi connectivity index (χ2v) is 19.1. The number of benzene rings is 1. The van der Waals surface area contributed by atoms with Crippen LogP contribution in [0.4, 0.5) is 18.0 Å². The van der Waals surface area contributed by atoms with Crippen LogP contribution in [0.25, 0.3) is 22.3 Å². The van der Waals surface area contributed by atoms with Crippen LogP contribution in [0.2, 0.25) is 19.1 Å². The van der Waals surface area contributed by atoms with Gasteiger partial charge in [0.1, 0.15) is 31.7 Å². The van der Waals surface area contributed by atoms with Crippen LogP contribution in [-0.2, 0) is 40.7 Å². The monoisotopic (exact) mass is 717 g/mol. The molecule has 0 radical (unpaired) electrons. The minimum atomic E-state index is -4.48. The molecule has 0 saturated heterocycles. The van der Waals surface area contributed by atoms with Crippen molar-refractivity contribution in [1.82, 2.24) is 14.9 Å². The fraction of sp³-hybridized carbons (Fsp3) is 0.471. The molecular weight excluding hydrogens is 679 g/mol. The number of aromatic nitrogens is 2. The molecule has 0 spiro atoms. The fourth-order valence-corrected chi connectivity index (χ4v) is 8.93. The van der Waals surface area contributed by atoms with E-state index in [1.807, 2.05) is 0 Å². The zero-order chi connectivity index (χ0) is 37.0. The first kappa shape index (κ1) is 36.5. The van der Waals surface area contributed by atoms with E-state index in [1.54, 1.807) is 58.1 Å². The molecule has 2 aliphatic heterocycles. The molecule has 268 valence electrons. The van der Waals surface area contributed by atoms with Gasteiger partial charge in [-0.05, 0) is 63.6 Å². The van der Waals surface area contributed by atoms with Crippen molar-refractivity contribution in [1.29, 1.82) is 0 Å². The topological polar surface area (TPSA) is 152 Å². The summed E-state index contributed by atoms with van der Waals surface area (Å²) < 4.78 is 63.6. The number of amides is 1. The van der Waals surface area contributed by atoms with Crippen molar-refractivity contribution in [3.63, 3.8) is 0 Å². The maximum Gasteiger partial charge on any atom is 0.408 e. The second-order valence-electron chi connectivity index (χ2n) is 14.1. The molecule has 2 aliphatic rings. The first-order chi connectivity index (χ1) is 23.1. The Hall–Kier alpha value is -4.73. The molecular formula is C34H38F3N3O9Si. The van der Waals surface area contributed by atoms with Crippen molar-refractivity contribution < 1.29 is 51.3 Å². The van der Waals surface area contributed by atoms with Gasteiger partial charge in [0.25, 0.3) is 5.56 Å². The predicted octanol–water partition coefficient (Wildman–Crippen LogP) is 5.82. The number of nitrogens with zero attached hydrogens (tertiary/aromatic N) is 2. The van der Waals surface area contributed by atoms with Gasteiger partial charge in [-0.25, -0.2) is 14.6 Å². The van der Waals surface area contributed by atoms with E-state index in [9.17, 15) is 37.1 Å². The van der Waals surface area contributed by atoms with Crippen molar-refractivity contribution in [3.8, 4) is 17.1 Å². The molecule has 3 aromatic rings. The summed E-state index contributed by atoms with van der Waals surface area (Å²) in [6.45, 7) is 10.3. The summed E-state index contributed by atoms with van der Waals surface area (Å²) in [5.74, 6) is -2.28. The zero-order valence-corrected chi connectivity index (χ0v) is 29.7. The van der Waals surface area contributed by atoms with E-state index in [2.05, 4.69) is 5.32 Å². The van der Waals surface area contributed by atoms with E-state index in [4.69, 9.17) is 23.9 Å². The van der Waals surface area contributed by atoms with E-state index < -0.39 is 73.7 Å². The van der Waals surface area contributed by atoms with Gasteiger partial charge in [0.15, 0.2) is 0 Å². The lowest BCUT2D eigenvalue weighted by Gasteiger charge is -2.43. The number of nitrogens with one attached hydrogen (secondary N) is 1. The van der Waals surface area contributed by atoms with E-state index in [1.165, 1.54) is 24.5 Å². The third kappa shape index (κ3) is 7.25. The van der Waals surface area contributed by atoms with Gasteiger partial charge in [-0.2, -0.15) is 13.2 Å². The number of hydrogen-bond donors (Lipinski definition) is 1. The summed E-state index contributed by atoms with van der Waals surface area (Å²) in [6.07, 6.45) is -6.72. The van der Waals surface area contributed by atoms with Crippen LogP contribution in [0, 0.1) is 0 Å². The van der Waals surface area contributed by atoms with Gasteiger partial charge in [0, 0.05) is 29.9 Å². The van der Waals surface area contributed by atoms with Crippen LogP contribution < -0.4 is 15.6 Å². The number of fused-ring (bicyclic) bond motifs is 5. The quantitative estimate of drug-likeness (QED) is 0.102. The summed E-state index contributed by atoms with van der Waals surface area (Å²) in [7, 11) is -3.22. The smallest absolute Gasteiger partial charge is 0.408 e. The Labute approximate surface area is 286 Å². The Morgan fingerprint density at radius 3 is 2.44 bits per heavy atom. The summed E-state index contributed by atoms with van der Waals surface area (Å²) in [5, 5.41) is 2.90. The number of ether oxygens (including phenoxy) is 4. The van der Waals surface area contributed by atoms with Gasteiger partial charge >= 0.3 is 30.2 Å². The van der Waals surface area contributed by atoms with E-state index >= 15 is 0 Å². The maximum absolute atomic E-state index is 14.5. The lowest BCUT2D eigenvalue weighted by molar-refractivity contribution is -0.190. The van der Waals surface area contributed by atoms with E-state index in [0.717, 1.165) is 0 Å². The highest BCUT2D eigenvalue weighted by Gasteiger charge is 2.56. The Balaban J connectivity index is 1.63. The third-order valence-electron chi connectivity index (χ3n) is 8.61. The molecule has 50 heavy (non-hydrogen) atoms. The van der Waals surface area contributed by atoms with Crippen molar-refractivity contribution in [2.75, 3.05) is 6.54 Å².